The topological polar surface area (TPSA) is 97.0 Å². The number of para-hydroxylation sites is 2. The molecular weight excluding hydrogens is 374 g/mol. The van der Waals surface area contributed by atoms with Crippen LogP contribution >= 0.6 is 0 Å². The average molecular weight is 403 g/mol. The van der Waals surface area contributed by atoms with Gasteiger partial charge in [-0.25, -0.2) is 0 Å². The van der Waals surface area contributed by atoms with Gasteiger partial charge in [-0.15, -0.1) is 0 Å². The van der Waals surface area contributed by atoms with Gasteiger partial charge in [0.25, 0.3) is 0 Å². The Morgan fingerprint density at radius 3 is 2.93 bits per heavy atom. The number of hydrogen-bond donors (Lipinski definition) is 2. The van der Waals surface area contributed by atoms with Crippen LogP contribution in [0.2, 0.25) is 0 Å². The van der Waals surface area contributed by atoms with Crippen molar-refractivity contribution >= 4 is 23.5 Å². The van der Waals surface area contributed by atoms with Crippen LogP contribution < -0.4 is 15.4 Å². The predicted octanol–water partition coefficient (Wildman–Crippen LogP) is 1.72. The molecule has 0 radical (unpaired) electrons. The van der Waals surface area contributed by atoms with Crippen LogP contribution in [0.25, 0.3) is 0 Å². The van der Waals surface area contributed by atoms with E-state index < -0.39 is 12.0 Å². The Morgan fingerprint density at radius 2 is 2.17 bits per heavy atom. The van der Waals surface area contributed by atoms with E-state index in [1.54, 1.807) is 29.2 Å². The number of anilines is 1. The highest BCUT2D eigenvalue weighted by Gasteiger charge is 2.33. The van der Waals surface area contributed by atoms with Crippen molar-refractivity contribution < 1.29 is 23.9 Å². The molecule has 29 heavy (non-hydrogen) atoms. The number of carbonyl (C=O) groups is 3. The minimum Gasteiger partial charge on any atom is -0.487 e. The number of unbranched alkanes of at least 4 members (excludes halogenated alkanes) is 1. The molecule has 2 amide bonds. The summed E-state index contributed by atoms with van der Waals surface area (Å²) in [5.74, 6) is -0.466. The number of nitrogens with zero attached hydrogens (tertiary/aromatic N) is 1. The molecule has 1 aliphatic rings. The van der Waals surface area contributed by atoms with Crippen molar-refractivity contribution in [3.8, 4) is 5.75 Å². The van der Waals surface area contributed by atoms with Gasteiger partial charge in [0.05, 0.1) is 25.3 Å². The van der Waals surface area contributed by atoms with E-state index >= 15 is 0 Å². The van der Waals surface area contributed by atoms with Gasteiger partial charge in [-0.3, -0.25) is 19.3 Å². The van der Waals surface area contributed by atoms with Crippen LogP contribution in [-0.4, -0.2) is 61.6 Å². The summed E-state index contributed by atoms with van der Waals surface area (Å²) in [6, 6.07) is 6.36. The zero-order chi connectivity index (χ0) is 21.1. The molecule has 1 heterocycles. The molecule has 1 atom stereocenters. The first-order valence-corrected chi connectivity index (χ1v) is 9.85. The van der Waals surface area contributed by atoms with E-state index in [-0.39, 0.29) is 24.8 Å². The van der Waals surface area contributed by atoms with E-state index in [1.165, 1.54) is 0 Å². The van der Waals surface area contributed by atoms with E-state index in [2.05, 4.69) is 17.2 Å². The van der Waals surface area contributed by atoms with E-state index in [9.17, 15) is 14.4 Å². The number of carbonyl (C=O) groups excluding carboxylic acids is 3. The first-order valence-electron chi connectivity index (χ1n) is 9.85. The SMILES string of the molecule is C=CCOc1ccccc1NC(=O)CN1CCNC(=O)C1CC(=O)OCCCC. The van der Waals surface area contributed by atoms with Crippen molar-refractivity contribution in [3.05, 3.63) is 36.9 Å². The first kappa shape index (κ1) is 22.4. The van der Waals surface area contributed by atoms with Crippen molar-refractivity contribution in [2.45, 2.75) is 32.2 Å². The maximum absolute atomic E-state index is 12.6. The number of esters is 1. The molecule has 2 rings (SSSR count). The Morgan fingerprint density at radius 1 is 1.38 bits per heavy atom. The van der Waals surface area contributed by atoms with Crippen molar-refractivity contribution in [3.63, 3.8) is 0 Å². The Kier molecular flexibility index (Phi) is 9.17. The maximum Gasteiger partial charge on any atom is 0.307 e. The van der Waals surface area contributed by atoms with Gasteiger partial charge < -0.3 is 20.1 Å². The molecule has 1 saturated heterocycles. The van der Waals surface area contributed by atoms with Gasteiger partial charge in [-0.2, -0.15) is 0 Å². The lowest BCUT2D eigenvalue weighted by atomic mass is 10.1. The molecule has 1 aliphatic heterocycles. The summed E-state index contributed by atoms with van der Waals surface area (Å²) in [5.41, 5.74) is 0.538. The van der Waals surface area contributed by atoms with Crippen molar-refractivity contribution in [1.29, 1.82) is 0 Å². The van der Waals surface area contributed by atoms with Gasteiger partial charge in [-0.05, 0) is 18.6 Å². The fourth-order valence-electron chi connectivity index (χ4n) is 2.94. The van der Waals surface area contributed by atoms with Gasteiger partial charge in [0, 0.05) is 13.1 Å². The number of ether oxygens (including phenoxy) is 2. The molecule has 0 saturated carbocycles. The molecular formula is C21H29N3O5. The number of benzene rings is 1. The lowest BCUT2D eigenvalue weighted by Crippen LogP contribution is -2.57. The number of hydrogen-bond acceptors (Lipinski definition) is 6. The second kappa shape index (κ2) is 11.9. The maximum atomic E-state index is 12.6. The number of piperazine rings is 1. The second-order valence-corrected chi connectivity index (χ2v) is 6.70. The van der Waals surface area contributed by atoms with Gasteiger partial charge >= 0.3 is 5.97 Å². The molecule has 1 unspecified atom stereocenters. The summed E-state index contributed by atoms with van der Waals surface area (Å²) in [4.78, 5) is 38.6. The fraction of sp³-hybridized carbons (Fsp3) is 0.476. The van der Waals surface area contributed by atoms with Crippen LogP contribution in [0.15, 0.2) is 36.9 Å². The number of nitrogens with one attached hydrogen (secondary N) is 2. The summed E-state index contributed by atoms with van der Waals surface area (Å²) in [6.45, 7) is 7.15. The Labute approximate surface area is 171 Å². The lowest BCUT2D eigenvalue weighted by Gasteiger charge is -2.33. The summed E-state index contributed by atoms with van der Waals surface area (Å²) < 4.78 is 10.7. The Balaban J connectivity index is 1.97. The highest BCUT2D eigenvalue weighted by molar-refractivity contribution is 5.94. The van der Waals surface area contributed by atoms with Crippen molar-refractivity contribution in [2.24, 2.45) is 0 Å². The van der Waals surface area contributed by atoms with Crippen LogP contribution in [0.4, 0.5) is 5.69 Å². The van der Waals surface area contributed by atoms with E-state index in [0.717, 1.165) is 12.8 Å². The predicted molar refractivity (Wildman–Crippen MR) is 110 cm³/mol. The van der Waals surface area contributed by atoms with Crippen LogP contribution in [0.3, 0.4) is 0 Å². The molecule has 158 valence electrons. The number of rotatable bonds is 11. The molecule has 0 aliphatic carbocycles. The van der Waals surface area contributed by atoms with Crippen LogP contribution in [-0.2, 0) is 19.1 Å². The van der Waals surface area contributed by atoms with Crippen molar-refractivity contribution in [2.75, 3.05) is 38.2 Å². The minimum atomic E-state index is -0.726. The van der Waals surface area contributed by atoms with Crippen LogP contribution in [0.5, 0.6) is 5.75 Å². The second-order valence-electron chi connectivity index (χ2n) is 6.70. The number of amides is 2. The van der Waals surface area contributed by atoms with Gasteiger partial charge in [0.15, 0.2) is 0 Å². The van der Waals surface area contributed by atoms with Gasteiger partial charge in [-0.1, -0.05) is 38.1 Å². The smallest absolute Gasteiger partial charge is 0.307 e. The Hall–Kier alpha value is -2.87. The standard InChI is InChI=1S/C21H29N3O5/c1-3-5-13-29-20(26)14-17-21(27)22-10-11-24(17)15-19(25)23-16-8-6-7-9-18(16)28-12-4-2/h4,6-9,17H,2-3,5,10-15H2,1H3,(H,22,27)(H,23,25). The van der Waals surface area contributed by atoms with E-state index in [1.807, 2.05) is 13.0 Å². The zero-order valence-corrected chi connectivity index (χ0v) is 16.8. The van der Waals surface area contributed by atoms with E-state index in [4.69, 9.17) is 9.47 Å². The minimum absolute atomic E-state index is 0.0177. The highest BCUT2D eigenvalue weighted by atomic mass is 16.5. The summed E-state index contributed by atoms with van der Waals surface area (Å²) in [5, 5.41) is 5.55. The molecule has 0 spiro atoms. The molecule has 8 heteroatoms. The molecule has 1 fully saturated rings. The monoisotopic (exact) mass is 403 g/mol. The highest BCUT2D eigenvalue weighted by Crippen LogP contribution is 2.23. The summed E-state index contributed by atoms with van der Waals surface area (Å²) in [7, 11) is 0. The summed E-state index contributed by atoms with van der Waals surface area (Å²) in [6.07, 6.45) is 3.24. The van der Waals surface area contributed by atoms with Crippen LogP contribution in [0, 0.1) is 0 Å². The van der Waals surface area contributed by atoms with Gasteiger partial charge in [0.2, 0.25) is 11.8 Å². The average Bonchev–Trinajstić information content (AvgIpc) is 2.70. The third-order valence-electron chi connectivity index (χ3n) is 4.43. The third-order valence-corrected chi connectivity index (χ3v) is 4.43. The Bertz CT molecular complexity index is 722. The van der Waals surface area contributed by atoms with Crippen LogP contribution in [0.1, 0.15) is 26.2 Å². The molecule has 0 aromatic heterocycles. The third kappa shape index (κ3) is 7.23. The first-order chi connectivity index (χ1) is 14.0. The van der Waals surface area contributed by atoms with E-state index in [0.29, 0.717) is 37.7 Å². The molecule has 2 N–H and O–H groups in total. The summed E-state index contributed by atoms with van der Waals surface area (Å²) >= 11 is 0. The lowest BCUT2D eigenvalue weighted by molar-refractivity contribution is -0.149. The quantitative estimate of drug-likeness (QED) is 0.332. The van der Waals surface area contributed by atoms with Gasteiger partial charge in [0.1, 0.15) is 18.4 Å². The molecule has 1 aromatic carbocycles. The largest absolute Gasteiger partial charge is 0.487 e. The zero-order valence-electron chi connectivity index (χ0n) is 16.8. The molecule has 8 nitrogen and oxygen atoms in total. The van der Waals surface area contributed by atoms with Crippen molar-refractivity contribution in [1.82, 2.24) is 10.2 Å². The molecule has 1 aromatic rings. The molecule has 0 bridgehead atoms. The normalized spacial score (nSPS) is 16.6. The fourth-order valence-corrected chi connectivity index (χ4v) is 2.94.